The summed E-state index contributed by atoms with van der Waals surface area (Å²) in [5, 5.41) is 15.5. The number of aliphatic hydroxyl groups excluding tert-OH is 1. The fraction of sp³-hybridized carbons (Fsp3) is 0.250. The van der Waals surface area contributed by atoms with Crippen molar-refractivity contribution in [3.63, 3.8) is 0 Å². The van der Waals surface area contributed by atoms with E-state index >= 15 is 0 Å². The molecule has 3 aromatic rings. The van der Waals surface area contributed by atoms with Crippen molar-refractivity contribution in [3.05, 3.63) is 71.5 Å². The van der Waals surface area contributed by atoms with Gasteiger partial charge in [0, 0.05) is 41.9 Å². The second-order valence-corrected chi connectivity index (χ2v) is 8.79. The van der Waals surface area contributed by atoms with Gasteiger partial charge in [0.15, 0.2) is 0 Å². The molecule has 3 N–H and O–H groups in total. The molecule has 0 aliphatic carbocycles. The molecule has 2 atom stereocenters. The Morgan fingerprint density at radius 2 is 1.83 bits per heavy atom. The maximum atomic E-state index is 12.6. The number of fused-ring (bicyclic) bond motifs is 1. The molecular weight excluding hydrogens is 469 g/mol. The van der Waals surface area contributed by atoms with Crippen molar-refractivity contribution < 1.29 is 13.5 Å². The Labute approximate surface area is 193 Å². The van der Waals surface area contributed by atoms with Gasteiger partial charge in [-0.2, -0.15) is 0 Å². The largest absolute Gasteiger partial charge is 0.387 e. The van der Waals surface area contributed by atoms with Crippen LogP contribution in [0.5, 0.6) is 0 Å². The first kappa shape index (κ1) is 26.6. The number of aliphatic hydroxyl groups is 1. The number of rotatable bonds is 8. The number of nitrogens with one attached hydrogen (secondary N) is 2. The highest BCUT2D eigenvalue weighted by atomic mass is 35.5. The van der Waals surface area contributed by atoms with E-state index in [2.05, 4.69) is 15.0 Å². The quantitative estimate of drug-likeness (QED) is 0.446. The molecule has 0 bridgehead atoms. The van der Waals surface area contributed by atoms with Crippen LogP contribution in [0.1, 0.15) is 18.6 Å². The highest BCUT2D eigenvalue weighted by Crippen LogP contribution is 2.19. The summed E-state index contributed by atoms with van der Waals surface area (Å²) in [6.45, 7) is 2.42. The van der Waals surface area contributed by atoms with Crippen molar-refractivity contribution in [3.8, 4) is 0 Å². The van der Waals surface area contributed by atoms with Crippen LogP contribution >= 0.6 is 36.4 Å². The molecule has 10 heteroatoms. The van der Waals surface area contributed by atoms with Crippen molar-refractivity contribution in [1.29, 1.82) is 0 Å². The lowest BCUT2D eigenvalue weighted by Gasteiger charge is -2.17. The van der Waals surface area contributed by atoms with Gasteiger partial charge >= 0.3 is 0 Å². The van der Waals surface area contributed by atoms with E-state index in [0.29, 0.717) is 17.1 Å². The minimum absolute atomic E-state index is 0. The molecule has 1 heterocycles. The average Bonchev–Trinajstić information content (AvgIpc) is 2.67. The van der Waals surface area contributed by atoms with Crippen LogP contribution in [0.25, 0.3) is 10.8 Å². The molecule has 6 nitrogen and oxygen atoms in total. The second kappa shape index (κ2) is 11.8. The van der Waals surface area contributed by atoms with Gasteiger partial charge in [0.05, 0.1) is 11.0 Å². The summed E-state index contributed by atoms with van der Waals surface area (Å²) in [6.07, 6.45) is 2.59. The molecule has 0 spiro atoms. The van der Waals surface area contributed by atoms with Gasteiger partial charge in [-0.05, 0) is 48.2 Å². The molecule has 0 radical (unpaired) electrons. The van der Waals surface area contributed by atoms with E-state index in [0.717, 1.165) is 10.8 Å². The van der Waals surface area contributed by atoms with Crippen LogP contribution in [0.15, 0.2) is 65.8 Å². The fourth-order valence-corrected chi connectivity index (χ4v) is 4.35. The van der Waals surface area contributed by atoms with Crippen molar-refractivity contribution >= 4 is 57.2 Å². The molecule has 1 unspecified atom stereocenters. The maximum Gasteiger partial charge on any atom is 0.240 e. The number of halogens is 3. The number of pyridine rings is 1. The molecule has 0 fully saturated rings. The smallest absolute Gasteiger partial charge is 0.240 e. The Kier molecular flexibility index (Phi) is 10.5. The van der Waals surface area contributed by atoms with Crippen LogP contribution in [-0.2, 0) is 10.0 Å². The molecular formula is C20H24Cl3N3O3S. The van der Waals surface area contributed by atoms with E-state index < -0.39 is 16.1 Å². The minimum atomic E-state index is -3.65. The topological polar surface area (TPSA) is 91.3 Å². The third kappa shape index (κ3) is 7.06. The van der Waals surface area contributed by atoms with Crippen molar-refractivity contribution in [2.45, 2.75) is 24.0 Å². The minimum Gasteiger partial charge on any atom is -0.387 e. The third-order valence-electron chi connectivity index (χ3n) is 4.30. The number of aromatic nitrogens is 1. The Morgan fingerprint density at radius 1 is 1.07 bits per heavy atom. The Balaban J connectivity index is 0.00000225. The molecule has 2 aromatic carbocycles. The van der Waals surface area contributed by atoms with E-state index in [1.807, 2.05) is 0 Å². The Hall–Kier alpha value is -1.45. The summed E-state index contributed by atoms with van der Waals surface area (Å²) in [6, 6.07) is 13.4. The molecule has 30 heavy (non-hydrogen) atoms. The van der Waals surface area contributed by atoms with Crippen molar-refractivity contribution in [2.24, 2.45) is 0 Å². The van der Waals surface area contributed by atoms with Gasteiger partial charge in [0.2, 0.25) is 10.0 Å². The van der Waals surface area contributed by atoms with Gasteiger partial charge in [-0.15, -0.1) is 24.8 Å². The first-order valence-corrected chi connectivity index (χ1v) is 10.7. The molecule has 1 aromatic heterocycles. The van der Waals surface area contributed by atoms with E-state index in [1.165, 1.54) is 0 Å². The maximum absolute atomic E-state index is 12.6. The van der Waals surface area contributed by atoms with Gasteiger partial charge in [0.1, 0.15) is 0 Å². The van der Waals surface area contributed by atoms with Crippen LogP contribution in [0.3, 0.4) is 0 Å². The fourth-order valence-electron chi connectivity index (χ4n) is 2.87. The van der Waals surface area contributed by atoms with Crippen LogP contribution in [0, 0.1) is 0 Å². The summed E-state index contributed by atoms with van der Waals surface area (Å²) in [5.41, 5.74) is 0.707. The van der Waals surface area contributed by atoms with Gasteiger partial charge in [-0.25, -0.2) is 13.1 Å². The zero-order valence-corrected chi connectivity index (χ0v) is 19.4. The molecule has 0 saturated heterocycles. The van der Waals surface area contributed by atoms with E-state index in [9.17, 15) is 13.5 Å². The van der Waals surface area contributed by atoms with E-state index in [4.69, 9.17) is 11.6 Å². The van der Waals surface area contributed by atoms with Gasteiger partial charge in [0.25, 0.3) is 0 Å². The SMILES string of the molecule is C[C@H](CNCC(O)c1cccc(Cl)c1)NS(=O)(=O)c1ccc2cnccc2c1.Cl.Cl. The number of benzene rings is 2. The van der Waals surface area contributed by atoms with E-state index in [1.54, 1.807) is 67.8 Å². The van der Waals surface area contributed by atoms with Crippen LogP contribution in [-0.4, -0.2) is 37.6 Å². The molecule has 0 amide bonds. The number of sulfonamides is 1. The number of hydrogen-bond acceptors (Lipinski definition) is 5. The second-order valence-electron chi connectivity index (χ2n) is 6.64. The standard InChI is InChI=1S/C20H22ClN3O3S.2ClH/c1-14(11-23-13-20(25)16-3-2-4-18(21)9-16)24-28(26,27)19-6-5-17-12-22-8-7-15(17)10-19;;/h2-10,12,14,20,23-25H,11,13H2,1H3;2*1H/t14-,20?;;/m1../s1. The normalized spacial score (nSPS) is 13.2. The van der Waals surface area contributed by atoms with Gasteiger partial charge in [-0.3, -0.25) is 4.98 Å². The lowest BCUT2D eigenvalue weighted by molar-refractivity contribution is 0.174. The third-order valence-corrected chi connectivity index (χ3v) is 6.12. The summed E-state index contributed by atoms with van der Waals surface area (Å²) < 4.78 is 27.9. The Morgan fingerprint density at radius 3 is 2.57 bits per heavy atom. The van der Waals surface area contributed by atoms with Crippen LogP contribution < -0.4 is 10.0 Å². The van der Waals surface area contributed by atoms with Crippen molar-refractivity contribution in [2.75, 3.05) is 13.1 Å². The number of nitrogens with zero attached hydrogens (tertiary/aromatic N) is 1. The molecule has 0 saturated carbocycles. The summed E-state index contributed by atoms with van der Waals surface area (Å²) in [4.78, 5) is 4.23. The lowest BCUT2D eigenvalue weighted by Crippen LogP contribution is -2.40. The highest BCUT2D eigenvalue weighted by molar-refractivity contribution is 7.89. The summed E-state index contributed by atoms with van der Waals surface area (Å²) in [7, 11) is -3.65. The molecule has 0 aliphatic rings. The predicted octanol–water partition coefficient (Wildman–Crippen LogP) is 3.72. The number of hydrogen-bond donors (Lipinski definition) is 3. The summed E-state index contributed by atoms with van der Waals surface area (Å²) in [5.74, 6) is 0. The lowest BCUT2D eigenvalue weighted by atomic mass is 10.1. The average molecular weight is 493 g/mol. The van der Waals surface area contributed by atoms with Gasteiger partial charge in [-0.1, -0.05) is 29.8 Å². The first-order chi connectivity index (χ1) is 13.3. The summed E-state index contributed by atoms with van der Waals surface area (Å²) >= 11 is 5.93. The monoisotopic (exact) mass is 491 g/mol. The first-order valence-electron chi connectivity index (χ1n) is 8.85. The zero-order chi connectivity index (χ0) is 20.1. The molecule has 0 aliphatic heterocycles. The van der Waals surface area contributed by atoms with Crippen LogP contribution in [0.2, 0.25) is 5.02 Å². The van der Waals surface area contributed by atoms with Crippen LogP contribution in [0.4, 0.5) is 0 Å². The predicted molar refractivity (Wildman–Crippen MR) is 125 cm³/mol. The van der Waals surface area contributed by atoms with Crippen molar-refractivity contribution in [1.82, 2.24) is 15.0 Å². The highest BCUT2D eigenvalue weighted by Gasteiger charge is 2.18. The molecule has 164 valence electrons. The Bertz CT molecular complexity index is 1070. The van der Waals surface area contributed by atoms with Gasteiger partial charge < -0.3 is 10.4 Å². The zero-order valence-electron chi connectivity index (χ0n) is 16.2. The van der Waals surface area contributed by atoms with E-state index in [-0.39, 0.29) is 42.3 Å². The molecule has 3 rings (SSSR count).